The van der Waals surface area contributed by atoms with Crippen LogP contribution in [0, 0.1) is 11.6 Å². The van der Waals surface area contributed by atoms with Gasteiger partial charge in [-0.2, -0.15) is 0 Å². The van der Waals surface area contributed by atoms with Gasteiger partial charge in [-0.05, 0) is 18.2 Å². The van der Waals surface area contributed by atoms with Crippen LogP contribution in [0.2, 0.25) is 0 Å². The van der Waals surface area contributed by atoms with E-state index in [1.54, 1.807) is 12.1 Å². The number of benzene rings is 1. The Hall–Kier alpha value is -2.70. The van der Waals surface area contributed by atoms with Crippen LogP contribution in [0.1, 0.15) is 0 Å². The fraction of sp³-hybridized carbons (Fsp3) is 0.143. The van der Waals surface area contributed by atoms with E-state index in [1.807, 2.05) is 0 Å². The van der Waals surface area contributed by atoms with Gasteiger partial charge < -0.3 is 14.8 Å². The van der Waals surface area contributed by atoms with Crippen LogP contribution in [-0.4, -0.2) is 24.6 Å². The van der Waals surface area contributed by atoms with Crippen LogP contribution in [0.25, 0.3) is 0 Å². The van der Waals surface area contributed by atoms with Crippen LogP contribution in [0.15, 0.2) is 36.5 Å². The molecule has 1 N–H and O–H groups in total. The summed E-state index contributed by atoms with van der Waals surface area (Å²) in [5, 5.41) is 2.52. The summed E-state index contributed by atoms with van der Waals surface area (Å²) in [5.41, 5.74) is 0.448. The molecular formula is C14H12F2N2O3. The molecule has 1 heterocycles. The van der Waals surface area contributed by atoms with Crippen molar-refractivity contribution in [2.24, 2.45) is 0 Å². The lowest BCUT2D eigenvalue weighted by atomic mass is 10.3. The van der Waals surface area contributed by atoms with Crippen LogP contribution < -0.4 is 14.8 Å². The number of aromatic nitrogens is 1. The zero-order valence-electron chi connectivity index (χ0n) is 11.1. The molecule has 5 nitrogen and oxygen atoms in total. The minimum absolute atomic E-state index is 0.195. The number of amides is 1. The summed E-state index contributed by atoms with van der Waals surface area (Å²) in [7, 11) is 1.48. The maximum absolute atomic E-state index is 13.3. The first kappa shape index (κ1) is 14.7. The minimum atomic E-state index is -0.867. The first-order chi connectivity index (χ1) is 10.1. The molecule has 0 saturated heterocycles. The average molecular weight is 294 g/mol. The Balaban J connectivity index is 1.89. The van der Waals surface area contributed by atoms with E-state index < -0.39 is 24.1 Å². The summed E-state index contributed by atoms with van der Waals surface area (Å²) >= 11 is 0. The van der Waals surface area contributed by atoms with Crippen molar-refractivity contribution in [1.82, 2.24) is 4.98 Å². The third-order valence-electron chi connectivity index (χ3n) is 2.48. The highest BCUT2D eigenvalue weighted by Crippen LogP contribution is 2.17. The Morgan fingerprint density at radius 2 is 2.10 bits per heavy atom. The van der Waals surface area contributed by atoms with Gasteiger partial charge in [0.1, 0.15) is 5.82 Å². The molecule has 0 aliphatic carbocycles. The lowest BCUT2D eigenvalue weighted by Crippen LogP contribution is -2.20. The van der Waals surface area contributed by atoms with Gasteiger partial charge in [-0.25, -0.2) is 13.8 Å². The van der Waals surface area contributed by atoms with E-state index >= 15 is 0 Å². The predicted octanol–water partition coefficient (Wildman–Crippen LogP) is 2.39. The Labute approximate surface area is 119 Å². The number of halogens is 2. The van der Waals surface area contributed by atoms with E-state index in [9.17, 15) is 13.6 Å². The fourth-order valence-electron chi connectivity index (χ4n) is 1.51. The van der Waals surface area contributed by atoms with E-state index in [1.165, 1.54) is 13.3 Å². The third-order valence-corrected chi connectivity index (χ3v) is 2.48. The van der Waals surface area contributed by atoms with Crippen molar-refractivity contribution >= 4 is 11.6 Å². The first-order valence-electron chi connectivity index (χ1n) is 5.96. The third kappa shape index (κ3) is 4.13. The molecule has 0 unspecified atom stereocenters. The Morgan fingerprint density at radius 1 is 1.29 bits per heavy atom. The normalized spacial score (nSPS) is 10.0. The number of hydrogen-bond acceptors (Lipinski definition) is 4. The monoisotopic (exact) mass is 294 g/mol. The number of methoxy groups -OCH3 is 1. The van der Waals surface area contributed by atoms with Gasteiger partial charge in [0.15, 0.2) is 18.2 Å². The molecule has 0 saturated carbocycles. The van der Waals surface area contributed by atoms with Gasteiger partial charge in [0.05, 0.1) is 19.0 Å². The second-order valence-electron chi connectivity index (χ2n) is 4.00. The maximum Gasteiger partial charge on any atom is 0.262 e. The number of hydrogen-bond donors (Lipinski definition) is 1. The first-order valence-corrected chi connectivity index (χ1v) is 5.96. The second kappa shape index (κ2) is 6.65. The molecule has 1 aromatic carbocycles. The SMILES string of the molecule is COc1ccc(NC(=O)COc2ccc(F)cc2F)cn1. The van der Waals surface area contributed by atoms with Crippen molar-refractivity contribution in [1.29, 1.82) is 0 Å². The van der Waals surface area contributed by atoms with Crippen LogP contribution in [0.5, 0.6) is 11.6 Å². The maximum atomic E-state index is 13.3. The Kier molecular flexibility index (Phi) is 4.65. The second-order valence-corrected chi connectivity index (χ2v) is 4.00. The van der Waals surface area contributed by atoms with Crippen LogP contribution in [0.4, 0.5) is 14.5 Å². The zero-order chi connectivity index (χ0) is 15.2. The van der Waals surface area contributed by atoms with Crippen molar-refractivity contribution in [2.75, 3.05) is 19.0 Å². The predicted molar refractivity (Wildman–Crippen MR) is 71.3 cm³/mol. The molecule has 7 heteroatoms. The highest BCUT2D eigenvalue weighted by Gasteiger charge is 2.08. The zero-order valence-corrected chi connectivity index (χ0v) is 11.1. The van der Waals surface area contributed by atoms with E-state index in [0.717, 1.165) is 12.1 Å². The fourth-order valence-corrected chi connectivity index (χ4v) is 1.51. The van der Waals surface area contributed by atoms with E-state index in [-0.39, 0.29) is 5.75 Å². The highest BCUT2D eigenvalue weighted by molar-refractivity contribution is 5.91. The topological polar surface area (TPSA) is 60.5 Å². The molecule has 0 atom stereocenters. The van der Waals surface area contributed by atoms with Crippen molar-refractivity contribution < 1.29 is 23.0 Å². The van der Waals surface area contributed by atoms with Crippen molar-refractivity contribution in [3.05, 3.63) is 48.2 Å². The summed E-state index contributed by atoms with van der Waals surface area (Å²) in [5.74, 6) is -1.86. The molecule has 0 fully saturated rings. The summed E-state index contributed by atoms with van der Waals surface area (Å²) < 4.78 is 35.8. The number of pyridine rings is 1. The Morgan fingerprint density at radius 3 is 2.71 bits per heavy atom. The van der Waals surface area contributed by atoms with Gasteiger partial charge in [0.2, 0.25) is 5.88 Å². The van der Waals surface area contributed by atoms with Crippen LogP contribution in [-0.2, 0) is 4.79 Å². The van der Waals surface area contributed by atoms with Gasteiger partial charge in [-0.1, -0.05) is 0 Å². The highest BCUT2D eigenvalue weighted by atomic mass is 19.1. The molecule has 0 aliphatic rings. The van der Waals surface area contributed by atoms with Gasteiger partial charge in [0, 0.05) is 12.1 Å². The standard InChI is InChI=1S/C14H12F2N2O3/c1-20-14-5-3-10(7-17-14)18-13(19)8-21-12-4-2-9(15)6-11(12)16/h2-7H,8H2,1H3,(H,18,19). The molecular weight excluding hydrogens is 282 g/mol. The van der Waals surface area contributed by atoms with Crippen LogP contribution >= 0.6 is 0 Å². The van der Waals surface area contributed by atoms with E-state index in [4.69, 9.17) is 9.47 Å². The molecule has 1 aromatic heterocycles. The van der Waals surface area contributed by atoms with Gasteiger partial charge in [0.25, 0.3) is 5.91 Å². The average Bonchev–Trinajstić information content (AvgIpc) is 2.47. The summed E-state index contributed by atoms with van der Waals surface area (Å²) in [6, 6.07) is 6.02. The molecule has 0 aliphatic heterocycles. The summed E-state index contributed by atoms with van der Waals surface area (Å²) in [6.07, 6.45) is 1.41. The summed E-state index contributed by atoms with van der Waals surface area (Å²) in [4.78, 5) is 15.5. The van der Waals surface area contributed by atoms with Crippen molar-refractivity contribution in [2.45, 2.75) is 0 Å². The van der Waals surface area contributed by atoms with E-state index in [0.29, 0.717) is 17.6 Å². The number of ether oxygens (including phenoxy) is 2. The van der Waals surface area contributed by atoms with Gasteiger partial charge in [-0.3, -0.25) is 4.79 Å². The molecule has 1 amide bonds. The number of carbonyl (C=O) groups is 1. The lowest BCUT2D eigenvalue weighted by molar-refractivity contribution is -0.118. The lowest BCUT2D eigenvalue weighted by Gasteiger charge is -2.08. The number of rotatable bonds is 5. The molecule has 2 rings (SSSR count). The van der Waals surface area contributed by atoms with Crippen LogP contribution in [0.3, 0.4) is 0 Å². The summed E-state index contributed by atoms with van der Waals surface area (Å²) in [6.45, 7) is -0.408. The number of carbonyl (C=O) groups excluding carboxylic acids is 1. The molecule has 0 spiro atoms. The van der Waals surface area contributed by atoms with E-state index in [2.05, 4.69) is 10.3 Å². The van der Waals surface area contributed by atoms with Gasteiger partial charge >= 0.3 is 0 Å². The van der Waals surface area contributed by atoms with Gasteiger partial charge in [-0.15, -0.1) is 0 Å². The smallest absolute Gasteiger partial charge is 0.262 e. The molecule has 21 heavy (non-hydrogen) atoms. The number of nitrogens with zero attached hydrogens (tertiary/aromatic N) is 1. The molecule has 110 valence electrons. The molecule has 0 radical (unpaired) electrons. The van der Waals surface area contributed by atoms with Crippen molar-refractivity contribution in [3.63, 3.8) is 0 Å². The molecule has 2 aromatic rings. The largest absolute Gasteiger partial charge is 0.481 e. The minimum Gasteiger partial charge on any atom is -0.481 e. The number of nitrogens with one attached hydrogen (secondary N) is 1. The molecule has 0 bridgehead atoms. The quantitative estimate of drug-likeness (QED) is 0.919. The Bertz CT molecular complexity index is 633. The number of anilines is 1. The van der Waals surface area contributed by atoms with Crippen molar-refractivity contribution in [3.8, 4) is 11.6 Å².